The van der Waals surface area contributed by atoms with Crippen molar-refractivity contribution in [2.75, 3.05) is 10.6 Å². The van der Waals surface area contributed by atoms with E-state index in [1.54, 1.807) is 24.3 Å². The first-order valence-electron chi connectivity index (χ1n) is 10.4. The number of benzene rings is 3. The molecule has 4 rings (SSSR count). The summed E-state index contributed by atoms with van der Waals surface area (Å²) in [4.78, 5) is 36.5. The van der Waals surface area contributed by atoms with E-state index in [2.05, 4.69) is 10.6 Å². The fourth-order valence-corrected chi connectivity index (χ4v) is 3.65. The van der Waals surface area contributed by atoms with Crippen molar-refractivity contribution in [3.05, 3.63) is 100 Å². The van der Waals surface area contributed by atoms with Crippen molar-refractivity contribution in [2.45, 2.75) is 19.3 Å². The Morgan fingerprint density at radius 1 is 0.939 bits per heavy atom. The Morgan fingerprint density at radius 3 is 2.27 bits per heavy atom. The standard InChI is InChI=1S/C25H21N3O5/c1-2-19(16-8-4-3-5-9-16)24(29)27-22-20-10-6-7-11-21(20)33-23(22)25(30)26-17-12-14-18(15-13-17)28(31)32/h3-15,19H,2H2,1H3,(H,26,30)(H,27,29)/t19-/m0/s1. The maximum Gasteiger partial charge on any atom is 0.293 e. The Kier molecular flexibility index (Phi) is 6.17. The predicted octanol–water partition coefficient (Wildman–Crippen LogP) is 5.73. The third-order valence-corrected chi connectivity index (χ3v) is 5.31. The van der Waals surface area contributed by atoms with Gasteiger partial charge in [0.05, 0.1) is 10.8 Å². The number of nitro benzene ring substituents is 1. The number of anilines is 2. The zero-order valence-corrected chi connectivity index (χ0v) is 17.8. The van der Waals surface area contributed by atoms with Gasteiger partial charge < -0.3 is 15.1 Å². The van der Waals surface area contributed by atoms with Crippen LogP contribution in [0.1, 0.15) is 35.4 Å². The Morgan fingerprint density at radius 2 is 1.61 bits per heavy atom. The molecule has 1 aromatic heterocycles. The molecule has 0 aliphatic carbocycles. The smallest absolute Gasteiger partial charge is 0.293 e. The van der Waals surface area contributed by atoms with Crippen molar-refractivity contribution in [3.8, 4) is 0 Å². The summed E-state index contributed by atoms with van der Waals surface area (Å²) in [6.45, 7) is 1.92. The second-order valence-electron chi connectivity index (χ2n) is 7.42. The molecule has 166 valence electrons. The number of nitrogens with one attached hydrogen (secondary N) is 2. The van der Waals surface area contributed by atoms with Gasteiger partial charge in [-0.2, -0.15) is 0 Å². The molecule has 0 aliphatic rings. The number of fused-ring (bicyclic) bond motifs is 1. The molecule has 0 unspecified atom stereocenters. The largest absolute Gasteiger partial charge is 0.449 e. The molecule has 4 aromatic rings. The number of carbonyl (C=O) groups is 2. The monoisotopic (exact) mass is 443 g/mol. The number of hydrogen-bond acceptors (Lipinski definition) is 5. The van der Waals surface area contributed by atoms with Crippen LogP contribution in [-0.2, 0) is 4.79 Å². The van der Waals surface area contributed by atoms with E-state index in [9.17, 15) is 19.7 Å². The van der Waals surface area contributed by atoms with E-state index >= 15 is 0 Å². The molecular weight excluding hydrogens is 422 g/mol. The second kappa shape index (κ2) is 9.35. The first-order chi connectivity index (χ1) is 16.0. The van der Waals surface area contributed by atoms with Crippen LogP contribution < -0.4 is 10.6 Å². The van der Waals surface area contributed by atoms with Gasteiger partial charge in [0.1, 0.15) is 11.3 Å². The normalized spacial score (nSPS) is 11.7. The molecule has 3 aromatic carbocycles. The van der Waals surface area contributed by atoms with E-state index < -0.39 is 16.7 Å². The number of furan rings is 1. The van der Waals surface area contributed by atoms with Crippen molar-refractivity contribution in [1.29, 1.82) is 0 Å². The molecular formula is C25H21N3O5. The molecule has 0 fully saturated rings. The molecule has 0 saturated carbocycles. The average Bonchev–Trinajstić information content (AvgIpc) is 3.19. The van der Waals surface area contributed by atoms with Gasteiger partial charge in [-0.3, -0.25) is 19.7 Å². The lowest BCUT2D eigenvalue weighted by Gasteiger charge is -2.15. The SMILES string of the molecule is CC[C@H](C(=O)Nc1c(C(=O)Nc2ccc([N+](=O)[O-])cc2)oc2ccccc12)c1ccccc1. The molecule has 8 nitrogen and oxygen atoms in total. The van der Waals surface area contributed by atoms with E-state index in [0.29, 0.717) is 23.1 Å². The highest BCUT2D eigenvalue weighted by molar-refractivity contribution is 6.15. The molecule has 0 radical (unpaired) electrons. The van der Waals surface area contributed by atoms with Crippen molar-refractivity contribution >= 4 is 39.8 Å². The number of para-hydroxylation sites is 1. The number of rotatable bonds is 7. The molecule has 33 heavy (non-hydrogen) atoms. The lowest BCUT2D eigenvalue weighted by Crippen LogP contribution is -2.22. The van der Waals surface area contributed by atoms with Crippen LogP contribution in [0.25, 0.3) is 11.0 Å². The maximum absolute atomic E-state index is 13.2. The number of non-ortho nitro benzene ring substituents is 1. The van der Waals surface area contributed by atoms with Gasteiger partial charge in [-0.15, -0.1) is 0 Å². The summed E-state index contributed by atoms with van der Waals surface area (Å²) < 4.78 is 5.78. The van der Waals surface area contributed by atoms with Crippen LogP contribution in [-0.4, -0.2) is 16.7 Å². The molecule has 1 heterocycles. The van der Waals surface area contributed by atoms with Crippen molar-refractivity contribution in [2.24, 2.45) is 0 Å². The minimum absolute atomic E-state index is 0.0502. The fraction of sp³-hybridized carbons (Fsp3) is 0.120. The van der Waals surface area contributed by atoms with Gasteiger partial charge in [0.25, 0.3) is 11.6 Å². The second-order valence-corrected chi connectivity index (χ2v) is 7.42. The summed E-state index contributed by atoms with van der Waals surface area (Å²) in [5.41, 5.74) is 1.89. The summed E-state index contributed by atoms with van der Waals surface area (Å²) in [6.07, 6.45) is 0.579. The van der Waals surface area contributed by atoms with Crippen molar-refractivity contribution < 1.29 is 18.9 Å². The van der Waals surface area contributed by atoms with Gasteiger partial charge in [0.15, 0.2) is 0 Å². The summed E-state index contributed by atoms with van der Waals surface area (Å²) in [6, 6.07) is 21.9. The minimum atomic E-state index is -0.580. The van der Waals surface area contributed by atoms with E-state index in [1.807, 2.05) is 37.3 Å². The third kappa shape index (κ3) is 4.59. The van der Waals surface area contributed by atoms with Crippen LogP contribution in [0.3, 0.4) is 0 Å². The molecule has 0 saturated heterocycles. The van der Waals surface area contributed by atoms with Crippen molar-refractivity contribution in [1.82, 2.24) is 0 Å². The zero-order valence-electron chi connectivity index (χ0n) is 17.8. The van der Waals surface area contributed by atoms with Crippen molar-refractivity contribution in [3.63, 3.8) is 0 Å². The molecule has 1 atom stereocenters. The number of nitro groups is 1. The minimum Gasteiger partial charge on any atom is -0.449 e. The highest BCUT2D eigenvalue weighted by Crippen LogP contribution is 2.33. The Labute approximate surface area is 189 Å². The number of carbonyl (C=O) groups excluding carboxylic acids is 2. The fourth-order valence-electron chi connectivity index (χ4n) is 3.65. The summed E-state index contributed by atoms with van der Waals surface area (Å²) in [7, 11) is 0. The van der Waals surface area contributed by atoms with Crippen LogP contribution in [0.4, 0.5) is 17.1 Å². The quantitative estimate of drug-likeness (QED) is 0.280. The topological polar surface area (TPSA) is 114 Å². The summed E-state index contributed by atoms with van der Waals surface area (Å²) >= 11 is 0. The van der Waals surface area contributed by atoms with Crippen LogP contribution in [0.5, 0.6) is 0 Å². The first kappa shape index (κ1) is 21.8. The van der Waals surface area contributed by atoms with Gasteiger partial charge in [-0.25, -0.2) is 0 Å². The molecule has 0 bridgehead atoms. The Balaban J connectivity index is 1.64. The lowest BCUT2D eigenvalue weighted by molar-refractivity contribution is -0.384. The van der Waals surface area contributed by atoms with Gasteiger partial charge in [-0.05, 0) is 36.2 Å². The van der Waals surface area contributed by atoms with Gasteiger partial charge in [-0.1, -0.05) is 49.4 Å². The predicted molar refractivity (Wildman–Crippen MR) is 125 cm³/mol. The van der Waals surface area contributed by atoms with Crippen LogP contribution in [0, 0.1) is 10.1 Å². The van der Waals surface area contributed by atoms with E-state index in [0.717, 1.165) is 5.56 Å². The van der Waals surface area contributed by atoms with E-state index in [4.69, 9.17) is 4.42 Å². The van der Waals surface area contributed by atoms with Gasteiger partial charge in [0, 0.05) is 23.2 Å². The van der Waals surface area contributed by atoms with Crippen LogP contribution in [0.15, 0.2) is 83.3 Å². The zero-order chi connectivity index (χ0) is 23.4. The van der Waals surface area contributed by atoms with Crippen LogP contribution >= 0.6 is 0 Å². The highest BCUT2D eigenvalue weighted by atomic mass is 16.6. The summed E-state index contributed by atoms with van der Waals surface area (Å²) in [5.74, 6) is -1.28. The number of hydrogen-bond donors (Lipinski definition) is 2. The lowest BCUT2D eigenvalue weighted by atomic mass is 9.95. The van der Waals surface area contributed by atoms with Crippen LogP contribution in [0.2, 0.25) is 0 Å². The molecule has 0 spiro atoms. The van der Waals surface area contributed by atoms with E-state index in [-0.39, 0.29) is 23.0 Å². The third-order valence-electron chi connectivity index (χ3n) is 5.31. The average molecular weight is 443 g/mol. The summed E-state index contributed by atoms with van der Waals surface area (Å²) in [5, 5.41) is 17.0. The van der Waals surface area contributed by atoms with Gasteiger partial charge >= 0.3 is 0 Å². The number of amides is 2. The first-order valence-corrected chi connectivity index (χ1v) is 10.4. The van der Waals surface area contributed by atoms with E-state index in [1.165, 1.54) is 24.3 Å². The number of nitrogens with zero attached hydrogens (tertiary/aromatic N) is 1. The Bertz CT molecular complexity index is 1310. The highest BCUT2D eigenvalue weighted by Gasteiger charge is 2.26. The molecule has 2 N–H and O–H groups in total. The molecule has 8 heteroatoms. The van der Waals surface area contributed by atoms with Gasteiger partial charge in [0.2, 0.25) is 11.7 Å². The Hall–Kier alpha value is -4.46. The molecule has 0 aliphatic heterocycles. The maximum atomic E-state index is 13.2. The molecule has 2 amide bonds.